The van der Waals surface area contributed by atoms with Gasteiger partial charge < -0.3 is 14.8 Å². The predicted molar refractivity (Wildman–Crippen MR) is 77.9 cm³/mol. The van der Waals surface area contributed by atoms with Gasteiger partial charge in [0.2, 0.25) is 0 Å². The van der Waals surface area contributed by atoms with Crippen molar-refractivity contribution in [1.82, 2.24) is 5.32 Å². The number of fused-ring (bicyclic) bond motifs is 1. The van der Waals surface area contributed by atoms with Crippen molar-refractivity contribution in [3.63, 3.8) is 0 Å². The van der Waals surface area contributed by atoms with Crippen LogP contribution in [-0.2, 0) is 17.6 Å². The summed E-state index contributed by atoms with van der Waals surface area (Å²) in [5, 5.41) is 3.25. The van der Waals surface area contributed by atoms with E-state index in [-0.39, 0.29) is 5.60 Å². The van der Waals surface area contributed by atoms with Crippen molar-refractivity contribution in [2.75, 3.05) is 26.3 Å². The summed E-state index contributed by atoms with van der Waals surface area (Å²) in [6.07, 6.45) is 1.97. The first-order chi connectivity index (χ1) is 9.11. The second-order valence-electron chi connectivity index (χ2n) is 5.70. The van der Waals surface area contributed by atoms with Gasteiger partial charge in [-0.05, 0) is 44.0 Å². The smallest absolute Gasteiger partial charge is 0.123 e. The lowest BCUT2D eigenvalue weighted by atomic mass is 9.99. The van der Waals surface area contributed by atoms with Crippen molar-refractivity contribution in [3.05, 3.63) is 29.3 Å². The maximum Gasteiger partial charge on any atom is 0.123 e. The summed E-state index contributed by atoms with van der Waals surface area (Å²) in [6.45, 7) is 9.89. The van der Waals surface area contributed by atoms with Crippen molar-refractivity contribution in [2.24, 2.45) is 0 Å². The summed E-state index contributed by atoms with van der Waals surface area (Å²) >= 11 is 0. The van der Waals surface area contributed by atoms with Crippen LogP contribution in [0.15, 0.2) is 18.2 Å². The van der Waals surface area contributed by atoms with E-state index in [1.165, 1.54) is 11.1 Å². The lowest BCUT2D eigenvalue weighted by Gasteiger charge is -2.16. The van der Waals surface area contributed by atoms with E-state index in [0.717, 1.165) is 44.9 Å². The first-order valence-electron chi connectivity index (χ1n) is 7.20. The summed E-state index contributed by atoms with van der Waals surface area (Å²) in [6, 6.07) is 6.50. The molecule has 0 unspecified atom stereocenters. The minimum atomic E-state index is -0.0523. The van der Waals surface area contributed by atoms with Crippen molar-refractivity contribution < 1.29 is 9.47 Å². The third kappa shape index (κ3) is 4.22. The second kappa shape index (κ2) is 6.40. The lowest BCUT2D eigenvalue weighted by Crippen LogP contribution is -2.24. The molecule has 0 bridgehead atoms. The first kappa shape index (κ1) is 14.4. The molecule has 1 aliphatic heterocycles. The molecule has 1 aliphatic rings. The number of likely N-dealkylation sites (N-methyl/N-ethyl adjacent to an activating group) is 1. The molecule has 0 radical (unpaired) electrons. The van der Waals surface area contributed by atoms with Gasteiger partial charge in [-0.3, -0.25) is 0 Å². The van der Waals surface area contributed by atoms with Gasteiger partial charge in [0.05, 0.1) is 13.2 Å². The molecule has 0 fully saturated rings. The van der Waals surface area contributed by atoms with Crippen LogP contribution in [-0.4, -0.2) is 31.9 Å². The van der Waals surface area contributed by atoms with Gasteiger partial charge in [-0.25, -0.2) is 0 Å². The quantitative estimate of drug-likeness (QED) is 0.767. The van der Waals surface area contributed by atoms with Crippen LogP contribution in [0, 0.1) is 0 Å². The van der Waals surface area contributed by atoms with Crippen LogP contribution in [0.1, 0.15) is 31.9 Å². The van der Waals surface area contributed by atoms with Crippen molar-refractivity contribution in [3.8, 4) is 5.75 Å². The fourth-order valence-corrected chi connectivity index (χ4v) is 2.43. The Labute approximate surface area is 116 Å². The van der Waals surface area contributed by atoms with Crippen molar-refractivity contribution >= 4 is 0 Å². The van der Waals surface area contributed by atoms with Gasteiger partial charge in [0.25, 0.3) is 0 Å². The van der Waals surface area contributed by atoms with E-state index >= 15 is 0 Å². The monoisotopic (exact) mass is 263 g/mol. The van der Waals surface area contributed by atoms with Gasteiger partial charge in [-0.2, -0.15) is 0 Å². The second-order valence-corrected chi connectivity index (χ2v) is 5.70. The zero-order valence-electron chi connectivity index (χ0n) is 12.3. The third-order valence-corrected chi connectivity index (χ3v) is 3.34. The fraction of sp³-hybridized carbons (Fsp3) is 0.625. The molecule has 0 saturated heterocycles. The van der Waals surface area contributed by atoms with Gasteiger partial charge in [-0.1, -0.05) is 19.1 Å². The molecule has 106 valence electrons. The number of rotatable bonds is 7. The Morgan fingerprint density at radius 1 is 1.32 bits per heavy atom. The zero-order valence-corrected chi connectivity index (χ0v) is 12.3. The average molecular weight is 263 g/mol. The van der Waals surface area contributed by atoms with E-state index < -0.39 is 0 Å². The highest BCUT2D eigenvalue weighted by Gasteiger charge is 2.29. The fourth-order valence-electron chi connectivity index (χ4n) is 2.43. The van der Waals surface area contributed by atoms with Crippen LogP contribution in [0.3, 0.4) is 0 Å². The molecule has 3 nitrogen and oxygen atoms in total. The Morgan fingerprint density at radius 3 is 2.95 bits per heavy atom. The Bertz CT molecular complexity index is 415. The summed E-state index contributed by atoms with van der Waals surface area (Å²) in [4.78, 5) is 0. The van der Waals surface area contributed by atoms with E-state index in [2.05, 4.69) is 44.3 Å². The number of hydrogen-bond acceptors (Lipinski definition) is 3. The highest BCUT2D eigenvalue weighted by atomic mass is 16.5. The van der Waals surface area contributed by atoms with Crippen LogP contribution >= 0.6 is 0 Å². The van der Waals surface area contributed by atoms with Crippen LogP contribution in [0.4, 0.5) is 0 Å². The summed E-state index contributed by atoms with van der Waals surface area (Å²) in [5.41, 5.74) is 2.61. The summed E-state index contributed by atoms with van der Waals surface area (Å²) < 4.78 is 11.5. The maximum absolute atomic E-state index is 5.88. The highest BCUT2D eigenvalue weighted by molar-refractivity contribution is 5.41. The predicted octanol–water partition coefficient (Wildman–Crippen LogP) is 2.57. The molecule has 0 atom stereocenters. The van der Waals surface area contributed by atoms with Crippen LogP contribution in [0.5, 0.6) is 5.75 Å². The molecular weight excluding hydrogens is 238 g/mol. The highest BCUT2D eigenvalue weighted by Crippen LogP contribution is 2.35. The molecule has 1 heterocycles. The molecule has 0 saturated carbocycles. The van der Waals surface area contributed by atoms with Gasteiger partial charge in [-0.15, -0.1) is 0 Å². The SMILES string of the molecule is CCNCCOCCc1ccc2c(c1)CC(C)(C)O2. The average Bonchev–Trinajstić information content (AvgIpc) is 2.66. The topological polar surface area (TPSA) is 30.5 Å². The van der Waals surface area contributed by atoms with Crippen LogP contribution in [0.25, 0.3) is 0 Å². The van der Waals surface area contributed by atoms with Gasteiger partial charge in [0.15, 0.2) is 0 Å². The normalized spacial score (nSPS) is 16.2. The Kier molecular flexibility index (Phi) is 4.83. The van der Waals surface area contributed by atoms with Gasteiger partial charge >= 0.3 is 0 Å². The van der Waals surface area contributed by atoms with E-state index in [0.29, 0.717) is 0 Å². The maximum atomic E-state index is 5.88. The Morgan fingerprint density at radius 2 is 2.16 bits per heavy atom. The zero-order chi connectivity index (χ0) is 13.7. The van der Waals surface area contributed by atoms with Crippen molar-refractivity contribution in [1.29, 1.82) is 0 Å². The number of hydrogen-bond donors (Lipinski definition) is 1. The summed E-state index contributed by atoms with van der Waals surface area (Å²) in [7, 11) is 0. The molecule has 19 heavy (non-hydrogen) atoms. The number of benzene rings is 1. The molecule has 0 aliphatic carbocycles. The Hall–Kier alpha value is -1.06. The van der Waals surface area contributed by atoms with Crippen LogP contribution < -0.4 is 10.1 Å². The molecule has 3 heteroatoms. The molecule has 1 N–H and O–H groups in total. The van der Waals surface area contributed by atoms with E-state index in [1.54, 1.807) is 0 Å². The standard InChI is InChI=1S/C16H25NO2/c1-4-17-8-10-18-9-7-13-5-6-15-14(11-13)12-16(2,3)19-15/h5-6,11,17H,4,7-10,12H2,1-3H3. The molecule has 2 rings (SSSR count). The van der Waals surface area contributed by atoms with Crippen LogP contribution in [0.2, 0.25) is 0 Å². The van der Waals surface area contributed by atoms with Gasteiger partial charge in [0.1, 0.15) is 11.4 Å². The molecular formula is C16H25NO2. The van der Waals surface area contributed by atoms with Crippen molar-refractivity contribution in [2.45, 2.75) is 39.2 Å². The summed E-state index contributed by atoms with van der Waals surface area (Å²) in [5.74, 6) is 1.04. The molecule has 1 aromatic carbocycles. The molecule has 0 amide bonds. The third-order valence-electron chi connectivity index (χ3n) is 3.34. The minimum absolute atomic E-state index is 0.0523. The first-order valence-corrected chi connectivity index (χ1v) is 7.20. The van der Waals surface area contributed by atoms with Gasteiger partial charge in [0, 0.05) is 13.0 Å². The molecule has 0 aromatic heterocycles. The van der Waals surface area contributed by atoms with E-state index in [4.69, 9.17) is 9.47 Å². The van der Waals surface area contributed by atoms with E-state index in [9.17, 15) is 0 Å². The number of nitrogens with one attached hydrogen (secondary N) is 1. The van der Waals surface area contributed by atoms with E-state index in [1.807, 2.05) is 0 Å². The largest absolute Gasteiger partial charge is 0.487 e. The number of ether oxygens (including phenoxy) is 2. The minimum Gasteiger partial charge on any atom is -0.487 e. The molecule has 1 aromatic rings. The lowest BCUT2D eigenvalue weighted by molar-refractivity contribution is 0.138. The Balaban J connectivity index is 1.77. The molecule has 0 spiro atoms.